The Balaban J connectivity index is 2.25. The number of carbonyl (C=O) groups is 2. The van der Waals surface area contributed by atoms with E-state index in [0.717, 1.165) is 6.42 Å². The SMILES string of the molecule is N#Cc1cccc(C(=O)[C@@H]2CCC[C@H]2C(=O)O)c1. The molecule has 4 nitrogen and oxygen atoms in total. The van der Waals surface area contributed by atoms with E-state index in [1.54, 1.807) is 18.2 Å². The highest BCUT2D eigenvalue weighted by atomic mass is 16.4. The van der Waals surface area contributed by atoms with E-state index < -0.39 is 17.8 Å². The van der Waals surface area contributed by atoms with E-state index in [9.17, 15) is 9.59 Å². The molecule has 1 aromatic rings. The molecular formula is C14H13NO3. The van der Waals surface area contributed by atoms with Crippen molar-refractivity contribution in [1.82, 2.24) is 0 Å². The highest BCUT2D eigenvalue weighted by molar-refractivity contribution is 6.00. The van der Waals surface area contributed by atoms with Gasteiger partial charge in [0.25, 0.3) is 0 Å². The Hall–Kier alpha value is -2.15. The Bertz CT molecular complexity index is 530. The lowest BCUT2D eigenvalue weighted by Crippen LogP contribution is -2.25. The third-order valence-electron chi connectivity index (χ3n) is 3.45. The first-order valence-electron chi connectivity index (χ1n) is 5.90. The summed E-state index contributed by atoms with van der Waals surface area (Å²) in [5.41, 5.74) is 0.859. The average molecular weight is 243 g/mol. The fraction of sp³-hybridized carbons (Fsp3) is 0.357. The number of nitrogens with zero attached hydrogens (tertiary/aromatic N) is 1. The maximum atomic E-state index is 12.3. The predicted octanol–water partition coefficient (Wildman–Crippen LogP) is 2.24. The van der Waals surface area contributed by atoms with Crippen molar-refractivity contribution >= 4 is 11.8 Å². The zero-order valence-electron chi connectivity index (χ0n) is 9.80. The summed E-state index contributed by atoms with van der Waals surface area (Å²) in [6, 6.07) is 8.42. The largest absolute Gasteiger partial charge is 0.481 e. The first-order valence-corrected chi connectivity index (χ1v) is 5.90. The van der Waals surface area contributed by atoms with Crippen LogP contribution in [-0.4, -0.2) is 16.9 Å². The van der Waals surface area contributed by atoms with Gasteiger partial charge in [0.2, 0.25) is 0 Å². The standard InChI is InChI=1S/C14H13NO3/c15-8-9-3-1-4-10(7-9)13(16)11-5-2-6-12(11)14(17)18/h1,3-4,7,11-12H,2,5-6H2,(H,17,18)/t11-,12-/m1/s1. The van der Waals surface area contributed by atoms with E-state index in [4.69, 9.17) is 10.4 Å². The molecule has 2 atom stereocenters. The summed E-state index contributed by atoms with van der Waals surface area (Å²) >= 11 is 0. The molecule has 0 bridgehead atoms. The van der Waals surface area contributed by atoms with Gasteiger partial charge in [0, 0.05) is 11.5 Å². The topological polar surface area (TPSA) is 78.2 Å². The summed E-state index contributed by atoms with van der Waals surface area (Å²) in [6.45, 7) is 0. The molecule has 0 aromatic heterocycles. The van der Waals surface area contributed by atoms with Crippen LogP contribution < -0.4 is 0 Å². The first-order chi connectivity index (χ1) is 8.63. The Labute approximate surface area is 105 Å². The van der Waals surface area contributed by atoms with Crippen LogP contribution in [0.25, 0.3) is 0 Å². The number of hydrogen-bond acceptors (Lipinski definition) is 3. The number of carboxylic acids is 1. The minimum absolute atomic E-state index is 0.156. The number of carbonyl (C=O) groups excluding carboxylic acids is 1. The van der Waals surface area contributed by atoms with Crippen LogP contribution in [0.1, 0.15) is 35.2 Å². The second-order valence-corrected chi connectivity index (χ2v) is 4.54. The van der Waals surface area contributed by atoms with Crippen LogP contribution >= 0.6 is 0 Å². The first kappa shape index (κ1) is 12.3. The lowest BCUT2D eigenvalue weighted by atomic mass is 9.88. The van der Waals surface area contributed by atoms with Gasteiger partial charge in [-0.25, -0.2) is 0 Å². The van der Waals surface area contributed by atoms with E-state index in [1.165, 1.54) is 6.07 Å². The molecule has 0 spiro atoms. The predicted molar refractivity (Wildman–Crippen MR) is 64.0 cm³/mol. The van der Waals surface area contributed by atoms with Gasteiger partial charge in [-0.15, -0.1) is 0 Å². The number of carboxylic acid groups (broad SMARTS) is 1. The summed E-state index contributed by atoms with van der Waals surface area (Å²) in [4.78, 5) is 23.3. The van der Waals surface area contributed by atoms with Crippen LogP contribution in [0.2, 0.25) is 0 Å². The molecule has 92 valence electrons. The third kappa shape index (κ3) is 2.25. The molecule has 4 heteroatoms. The molecule has 1 saturated carbocycles. The Morgan fingerprint density at radius 3 is 2.67 bits per heavy atom. The zero-order valence-corrected chi connectivity index (χ0v) is 9.80. The molecule has 0 unspecified atom stereocenters. The molecule has 0 saturated heterocycles. The van der Waals surface area contributed by atoms with Gasteiger partial charge in [0.15, 0.2) is 5.78 Å². The maximum Gasteiger partial charge on any atom is 0.307 e. The average Bonchev–Trinajstić information content (AvgIpc) is 2.87. The monoisotopic (exact) mass is 243 g/mol. The molecule has 2 rings (SSSR count). The van der Waals surface area contributed by atoms with E-state index in [-0.39, 0.29) is 5.78 Å². The second-order valence-electron chi connectivity index (χ2n) is 4.54. The molecular weight excluding hydrogens is 230 g/mol. The van der Waals surface area contributed by atoms with Crippen LogP contribution in [0.3, 0.4) is 0 Å². The molecule has 0 aliphatic heterocycles. The molecule has 0 amide bonds. The van der Waals surface area contributed by atoms with Crippen molar-refractivity contribution in [2.75, 3.05) is 0 Å². The Morgan fingerprint density at radius 1 is 1.28 bits per heavy atom. The van der Waals surface area contributed by atoms with Crippen LogP contribution in [0.15, 0.2) is 24.3 Å². The van der Waals surface area contributed by atoms with E-state index in [0.29, 0.717) is 24.0 Å². The lowest BCUT2D eigenvalue weighted by molar-refractivity contribution is -0.142. The van der Waals surface area contributed by atoms with Crippen molar-refractivity contribution in [1.29, 1.82) is 5.26 Å². The fourth-order valence-electron chi connectivity index (χ4n) is 2.53. The molecule has 1 fully saturated rings. The highest BCUT2D eigenvalue weighted by Crippen LogP contribution is 2.34. The van der Waals surface area contributed by atoms with Gasteiger partial charge < -0.3 is 5.11 Å². The van der Waals surface area contributed by atoms with Crippen LogP contribution in [-0.2, 0) is 4.79 Å². The van der Waals surface area contributed by atoms with Crippen LogP contribution in [0.4, 0.5) is 0 Å². The minimum atomic E-state index is -0.901. The molecule has 0 radical (unpaired) electrons. The number of Topliss-reactive ketones (excluding diaryl/α,β-unsaturated/α-hetero) is 1. The third-order valence-corrected chi connectivity index (χ3v) is 3.45. The summed E-state index contributed by atoms with van der Waals surface area (Å²) in [6.07, 6.45) is 1.95. The zero-order chi connectivity index (χ0) is 13.1. The van der Waals surface area contributed by atoms with Crippen molar-refractivity contribution in [2.45, 2.75) is 19.3 Å². The van der Waals surface area contributed by atoms with Gasteiger partial charge in [-0.2, -0.15) is 5.26 Å². The van der Waals surface area contributed by atoms with Gasteiger partial charge in [-0.3, -0.25) is 9.59 Å². The maximum absolute atomic E-state index is 12.3. The van der Waals surface area contributed by atoms with Crippen molar-refractivity contribution in [3.8, 4) is 6.07 Å². The van der Waals surface area contributed by atoms with Gasteiger partial charge >= 0.3 is 5.97 Å². The number of hydrogen-bond donors (Lipinski definition) is 1. The highest BCUT2D eigenvalue weighted by Gasteiger charge is 2.37. The van der Waals surface area contributed by atoms with E-state index in [1.807, 2.05) is 6.07 Å². The van der Waals surface area contributed by atoms with E-state index >= 15 is 0 Å². The smallest absolute Gasteiger partial charge is 0.307 e. The van der Waals surface area contributed by atoms with Crippen LogP contribution in [0, 0.1) is 23.2 Å². The Morgan fingerprint density at radius 2 is 2.00 bits per heavy atom. The van der Waals surface area contributed by atoms with Crippen molar-refractivity contribution in [3.05, 3.63) is 35.4 Å². The van der Waals surface area contributed by atoms with Crippen molar-refractivity contribution in [3.63, 3.8) is 0 Å². The summed E-state index contributed by atoms with van der Waals surface area (Å²) in [5, 5.41) is 17.9. The summed E-state index contributed by atoms with van der Waals surface area (Å²) in [5.74, 6) is -2.08. The number of rotatable bonds is 3. The number of aliphatic carboxylic acids is 1. The van der Waals surface area contributed by atoms with Gasteiger partial charge in [0.05, 0.1) is 17.6 Å². The van der Waals surface area contributed by atoms with Crippen molar-refractivity contribution in [2.24, 2.45) is 11.8 Å². The quantitative estimate of drug-likeness (QED) is 0.826. The van der Waals surface area contributed by atoms with Crippen molar-refractivity contribution < 1.29 is 14.7 Å². The molecule has 0 heterocycles. The molecule has 18 heavy (non-hydrogen) atoms. The molecule has 1 N–H and O–H groups in total. The molecule has 1 aromatic carbocycles. The van der Waals surface area contributed by atoms with E-state index in [2.05, 4.69) is 0 Å². The van der Waals surface area contributed by atoms with Crippen LogP contribution in [0.5, 0.6) is 0 Å². The Kier molecular flexibility index (Phi) is 3.42. The normalized spacial score (nSPS) is 22.4. The summed E-state index contributed by atoms with van der Waals surface area (Å²) in [7, 11) is 0. The van der Waals surface area contributed by atoms with Gasteiger partial charge in [-0.1, -0.05) is 18.6 Å². The number of nitriles is 1. The number of benzene rings is 1. The molecule has 1 aliphatic carbocycles. The number of ketones is 1. The lowest BCUT2D eigenvalue weighted by Gasteiger charge is -2.14. The fourth-order valence-corrected chi connectivity index (χ4v) is 2.53. The van der Waals surface area contributed by atoms with Gasteiger partial charge in [0.1, 0.15) is 0 Å². The molecule has 1 aliphatic rings. The summed E-state index contributed by atoms with van der Waals surface area (Å²) < 4.78 is 0. The van der Waals surface area contributed by atoms with Gasteiger partial charge in [-0.05, 0) is 25.0 Å². The minimum Gasteiger partial charge on any atom is -0.481 e. The second kappa shape index (κ2) is 5.01.